The van der Waals surface area contributed by atoms with E-state index in [9.17, 15) is 4.79 Å². The number of pyridine rings is 1. The van der Waals surface area contributed by atoms with Gasteiger partial charge in [0.15, 0.2) is 0 Å². The van der Waals surface area contributed by atoms with E-state index in [1.54, 1.807) is 29.4 Å². The molecule has 1 heterocycles. The van der Waals surface area contributed by atoms with Crippen molar-refractivity contribution < 1.29 is 4.74 Å². The lowest BCUT2D eigenvalue weighted by molar-refractivity contribution is 0.0617. The maximum Gasteiger partial charge on any atom is 0.250 e. The highest BCUT2D eigenvalue weighted by atomic mass is 32.2. The molecule has 2 rings (SSSR count). The molecule has 1 aromatic heterocycles. The number of benzene rings is 1. The second kappa shape index (κ2) is 8.81. The van der Waals surface area contributed by atoms with E-state index in [2.05, 4.69) is 19.1 Å². The molecule has 0 aliphatic carbocycles. The van der Waals surface area contributed by atoms with Crippen molar-refractivity contribution in [2.24, 2.45) is 7.05 Å². The third-order valence-corrected chi connectivity index (χ3v) is 4.52. The van der Waals surface area contributed by atoms with Gasteiger partial charge in [-0.1, -0.05) is 37.3 Å². The summed E-state index contributed by atoms with van der Waals surface area (Å²) < 4.78 is 7.56. The Morgan fingerprint density at radius 2 is 2.00 bits per heavy atom. The van der Waals surface area contributed by atoms with Crippen LogP contribution in [0.4, 0.5) is 0 Å². The monoisotopic (exact) mass is 317 g/mol. The molecule has 3 nitrogen and oxygen atoms in total. The molecule has 0 spiro atoms. The van der Waals surface area contributed by atoms with Crippen molar-refractivity contribution in [2.45, 2.75) is 25.2 Å². The minimum Gasteiger partial charge on any atom is -0.373 e. The van der Waals surface area contributed by atoms with Crippen LogP contribution >= 0.6 is 11.8 Å². The van der Waals surface area contributed by atoms with Gasteiger partial charge < -0.3 is 9.30 Å². The lowest BCUT2D eigenvalue weighted by atomic mass is 10.1. The molecule has 0 fully saturated rings. The summed E-state index contributed by atoms with van der Waals surface area (Å²) >= 11 is 1.80. The van der Waals surface area contributed by atoms with E-state index in [0.717, 1.165) is 30.1 Å². The van der Waals surface area contributed by atoms with Gasteiger partial charge in [-0.15, -0.1) is 0 Å². The number of ether oxygens (including phenoxy) is 1. The summed E-state index contributed by atoms with van der Waals surface area (Å²) in [5.41, 5.74) is 2.36. The summed E-state index contributed by atoms with van der Waals surface area (Å²) in [4.78, 5) is 11.5. The van der Waals surface area contributed by atoms with Gasteiger partial charge >= 0.3 is 0 Å². The largest absolute Gasteiger partial charge is 0.373 e. The van der Waals surface area contributed by atoms with Crippen LogP contribution in [0.2, 0.25) is 0 Å². The van der Waals surface area contributed by atoms with E-state index in [1.807, 2.05) is 30.5 Å². The number of aromatic nitrogens is 1. The maximum absolute atomic E-state index is 11.5. The zero-order valence-corrected chi connectivity index (χ0v) is 14.0. The molecule has 0 saturated heterocycles. The third-order valence-electron chi connectivity index (χ3n) is 3.53. The Hall–Kier alpha value is -1.52. The quantitative estimate of drug-likeness (QED) is 0.694. The van der Waals surface area contributed by atoms with Crippen molar-refractivity contribution in [3.63, 3.8) is 0 Å². The molecule has 0 radical (unpaired) electrons. The highest BCUT2D eigenvalue weighted by Crippen LogP contribution is 2.21. The van der Waals surface area contributed by atoms with Crippen LogP contribution < -0.4 is 5.56 Å². The normalized spacial score (nSPS) is 12.3. The van der Waals surface area contributed by atoms with E-state index in [-0.39, 0.29) is 11.7 Å². The summed E-state index contributed by atoms with van der Waals surface area (Å²) in [5, 5.41) is 0. The minimum absolute atomic E-state index is 0.0458. The molecule has 0 saturated carbocycles. The molecule has 0 aliphatic heterocycles. The fourth-order valence-electron chi connectivity index (χ4n) is 2.24. The van der Waals surface area contributed by atoms with E-state index < -0.39 is 0 Å². The van der Waals surface area contributed by atoms with Crippen LogP contribution in [0.3, 0.4) is 0 Å². The van der Waals surface area contributed by atoms with Gasteiger partial charge in [0.1, 0.15) is 0 Å². The number of hydrogen-bond acceptors (Lipinski definition) is 3. The average Bonchev–Trinajstić information content (AvgIpc) is 2.55. The average molecular weight is 317 g/mol. The van der Waals surface area contributed by atoms with Gasteiger partial charge in [-0.2, -0.15) is 11.8 Å². The van der Waals surface area contributed by atoms with E-state index in [0.29, 0.717) is 0 Å². The van der Waals surface area contributed by atoms with Gasteiger partial charge in [0, 0.05) is 30.8 Å². The molecule has 118 valence electrons. The van der Waals surface area contributed by atoms with Crippen LogP contribution in [-0.2, 0) is 17.5 Å². The zero-order valence-electron chi connectivity index (χ0n) is 13.2. The zero-order chi connectivity index (χ0) is 15.8. The van der Waals surface area contributed by atoms with Gasteiger partial charge in [-0.05, 0) is 23.6 Å². The molecule has 22 heavy (non-hydrogen) atoms. The fourth-order valence-corrected chi connectivity index (χ4v) is 3.01. The predicted octanol–water partition coefficient (Wildman–Crippen LogP) is 3.79. The molecule has 0 N–H and O–H groups in total. The highest BCUT2D eigenvalue weighted by molar-refractivity contribution is 7.98. The number of rotatable bonds is 8. The molecule has 1 unspecified atom stereocenters. The molecule has 0 aliphatic rings. The number of hydrogen-bond donors (Lipinski definition) is 0. The van der Waals surface area contributed by atoms with E-state index >= 15 is 0 Å². The first-order chi connectivity index (χ1) is 10.7. The number of nitrogens with zero attached hydrogens (tertiary/aromatic N) is 1. The van der Waals surface area contributed by atoms with Crippen molar-refractivity contribution in [3.8, 4) is 0 Å². The summed E-state index contributed by atoms with van der Waals surface area (Å²) in [6.07, 6.45) is 2.96. The first-order valence-electron chi connectivity index (χ1n) is 7.60. The molecule has 1 atom stereocenters. The minimum atomic E-state index is 0.0458. The van der Waals surface area contributed by atoms with E-state index in [4.69, 9.17) is 4.74 Å². The summed E-state index contributed by atoms with van der Waals surface area (Å²) in [5.74, 6) is 1.78. The van der Waals surface area contributed by atoms with Crippen molar-refractivity contribution >= 4 is 11.8 Å². The molecule has 0 bridgehead atoms. The standard InChI is InChI=1S/C18H23NO2S/c1-3-17(16-7-5-4-6-8-16)21-11-12-22-14-15-9-10-19(2)18(20)13-15/h4-10,13,17H,3,11-12,14H2,1-2H3. The van der Waals surface area contributed by atoms with Crippen LogP contribution in [0.1, 0.15) is 30.6 Å². The van der Waals surface area contributed by atoms with Crippen LogP contribution in [-0.4, -0.2) is 16.9 Å². The third kappa shape index (κ3) is 5.04. The van der Waals surface area contributed by atoms with Crippen molar-refractivity contribution in [2.75, 3.05) is 12.4 Å². The maximum atomic E-state index is 11.5. The summed E-state index contributed by atoms with van der Waals surface area (Å²) in [7, 11) is 1.77. The lowest BCUT2D eigenvalue weighted by Crippen LogP contribution is -2.14. The lowest BCUT2D eigenvalue weighted by Gasteiger charge is -2.16. The van der Waals surface area contributed by atoms with Gasteiger partial charge in [0.2, 0.25) is 0 Å². The predicted molar refractivity (Wildman–Crippen MR) is 93.3 cm³/mol. The Labute approximate surface area is 136 Å². The first-order valence-corrected chi connectivity index (χ1v) is 8.76. The Balaban J connectivity index is 1.72. The van der Waals surface area contributed by atoms with Gasteiger partial charge in [-0.25, -0.2) is 0 Å². The molecule has 4 heteroatoms. The van der Waals surface area contributed by atoms with Crippen molar-refractivity contribution in [1.29, 1.82) is 0 Å². The smallest absolute Gasteiger partial charge is 0.250 e. The Morgan fingerprint density at radius 3 is 2.68 bits per heavy atom. The topological polar surface area (TPSA) is 31.2 Å². The van der Waals surface area contributed by atoms with Gasteiger partial charge in [-0.3, -0.25) is 4.79 Å². The molecule has 2 aromatic rings. The fraction of sp³-hybridized carbons (Fsp3) is 0.389. The summed E-state index contributed by atoms with van der Waals surface area (Å²) in [6, 6.07) is 14.0. The SMILES string of the molecule is CCC(OCCSCc1ccn(C)c(=O)c1)c1ccccc1. The second-order valence-corrected chi connectivity index (χ2v) is 6.32. The number of thioether (sulfide) groups is 1. The van der Waals surface area contributed by atoms with Gasteiger partial charge in [0.05, 0.1) is 12.7 Å². The van der Waals surface area contributed by atoms with Crippen LogP contribution in [0, 0.1) is 0 Å². The first kappa shape index (κ1) is 16.8. The Morgan fingerprint density at radius 1 is 1.23 bits per heavy atom. The van der Waals surface area contributed by atoms with E-state index in [1.165, 1.54) is 5.56 Å². The summed E-state index contributed by atoms with van der Waals surface area (Å²) in [6.45, 7) is 2.87. The molecular formula is C18H23NO2S. The molecular weight excluding hydrogens is 294 g/mol. The molecule has 0 amide bonds. The molecule has 1 aromatic carbocycles. The second-order valence-electron chi connectivity index (χ2n) is 5.22. The van der Waals surface area contributed by atoms with Crippen LogP contribution in [0.5, 0.6) is 0 Å². The van der Waals surface area contributed by atoms with Crippen molar-refractivity contribution in [1.82, 2.24) is 4.57 Å². The Bertz CT molecular complexity index is 624. The van der Waals surface area contributed by atoms with Crippen LogP contribution in [0.15, 0.2) is 53.5 Å². The number of aryl methyl sites for hydroxylation is 1. The Kier molecular flexibility index (Phi) is 6.74. The highest BCUT2D eigenvalue weighted by Gasteiger charge is 2.08. The van der Waals surface area contributed by atoms with Crippen molar-refractivity contribution in [3.05, 3.63) is 70.1 Å². The van der Waals surface area contributed by atoms with Gasteiger partial charge in [0.25, 0.3) is 5.56 Å². The van der Waals surface area contributed by atoms with Crippen LogP contribution in [0.25, 0.3) is 0 Å².